The third-order valence-corrected chi connectivity index (χ3v) is 3.23. The molecule has 1 heterocycles. The molecule has 1 aliphatic heterocycles. The summed E-state index contributed by atoms with van der Waals surface area (Å²) in [4.78, 5) is 0. The second-order valence-corrected chi connectivity index (χ2v) is 4.88. The fraction of sp³-hybridized carbons (Fsp3) is 0.286. The molecule has 0 spiro atoms. The molecule has 2 aromatic rings. The van der Waals surface area contributed by atoms with Gasteiger partial charge in [-0.15, -0.1) is 0 Å². The Kier molecular flexibility index (Phi) is 1.42. The maximum Gasteiger partial charge on any atom is 0.160 e. The molecule has 0 atom stereocenters. The fourth-order valence-electron chi connectivity index (χ4n) is 2.46. The minimum Gasteiger partial charge on any atom is -0.384 e. The van der Waals surface area contributed by atoms with Crippen LogP contribution in [0.15, 0.2) is 36.4 Å². The highest BCUT2D eigenvalue weighted by Crippen LogP contribution is 2.40. The second-order valence-electron chi connectivity index (χ2n) is 4.88. The first-order valence-electron chi connectivity index (χ1n) is 5.83. The SMILES string of the molecule is [2H]N1CC(C)(C)c2c1ccc1ccccc21. The van der Waals surface area contributed by atoms with Crippen LogP contribution in [-0.2, 0) is 5.41 Å². The van der Waals surface area contributed by atoms with Gasteiger partial charge >= 0.3 is 0 Å². The highest BCUT2D eigenvalue weighted by molar-refractivity contribution is 5.92. The molecule has 2 aromatic carbocycles. The van der Waals surface area contributed by atoms with Crippen LogP contribution in [0.5, 0.6) is 0 Å². The predicted octanol–water partition coefficient (Wildman–Crippen LogP) is 3.54. The molecule has 3 rings (SSSR count). The van der Waals surface area contributed by atoms with Crippen molar-refractivity contribution in [2.75, 3.05) is 11.9 Å². The van der Waals surface area contributed by atoms with Crippen molar-refractivity contribution in [3.8, 4) is 0 Å². The van der Waals surface area contributed by atoms with Crippen molar-refractivity contribution in [1.29, 1.82) is 0 Å². The quantitative estimate of drug-likeness (QED) is 0.682. The topological polar surface area (TPSA) is 12.0 Å². The lowest BCUT2D eigenvalue weighted by atomic mass is 9.84. The predicted molar refractivity (Wildman–Crippen MR) is 65.5 cm³/mol. The van der Waals surface area contributed by atoms with Gasteiger partial charge in [0.1, 0.15) is 0 Å². The van der Waals surface area contributed by atoms with Crippen LogP contribution in [0.3, 0.4) is 0 Å². The molecule has 0 aliphatic carbocycles. The van der Waals surface area contributed by atoms with E-state index in [2.05, 4.69) is 50.2 Å². The summed E-state index contributed by atoms with van der Waals surface area (Å²) >= 11 is 0. The molecule has 1 nitrogen and oxygen atoms in total. The standard InChI is InChI=1S/C14H15N/c1-14(2)9-15-12-8-7-10-5-3-4-6-11(10)13(12)14/h3-8,15H,9H2,1-2H3/i/hD. The molecule has 0 unspecified atom stereocenters. The molecular weight excluding hydrogens is 182 g/mol. The van der Waals surface area contributed by atoms with Crippen molar-refractivity contribution in [2.45, 2.75) is 19.3 Å². The number of hydrogen-bond acceptors (Lipinski definition) is 1. The third-order valence-electron chi connectivity index (χ3n) is 3.23. The van der Waals surface area contributed by atoms with Crippen molar-refractivity contribution in [3.05, 3.63) is 42.0 Å². The Labute approximate surface area is 91.6 Å². The first-order chi connectivity index (χ1) is 7.59. The second kappa shape index (κ2) is 2.75. The Morgan fingerprint density at radius 1 is 1.20 bits per heavy atom. The number of fused-ring (bicyclic) bond motifs is 3. The molecule has 0 aromatic heterocycles. The minimum absolute atomic E-state index is 0.0674. The van der Waals surface area contributed by atoms with E-state index in [1.54, 1.807) is 5.31 Å². The van der Waals surface area contributed by atoms with Gasteiger partial charge < -0.3 is 5.31 Å². The van der Waals surface area contributed by atoms with Crippen LogP contribution in [0.25, 0.3) is 10.8 Å². The van der Waals surface area contributed by atoms with Crippen molar-refractivity contribution >= 4 is 16.5 Å². The molecule has 0 radical (unpaired) electrons. The van der Waals surface area contributed by atoms with Gasteiger partial charge in [-0.25, -0.2) is 0 Å². The van der Waals surface area contributed by atoms with E-state index in [9.17, 15) is 0 Å². The number of nitrogens with one attached hydrogen (secondary N) is 1. The lowest BCUT2D eigenvalue weighted by molar-refractivity contribution is 0.591. The summed E-state index contributed by atoms with van der Waals surface area (Å²) in [6.07, 6.45) is 0. The lowest BCUT2D eigenvalue weighted by Gasteiger charge is -2.19. The molecule has 0 saturated carbocycles. The summed E-state index contributed by atoms with van der Waals surface area (Å²) in [5, 5.41) is 4.17. The maximum absolute atomic E-state index is 7.98. The summed E-state index contributed by atoms with van der Waals surface area (Å²) < 4.78 is 7.98. The van der Waals surface area contributed by atoms with Gasteiger partial charge in [-0.05, 0) is 22.4 Å². The molecule has 76 valence electrons. The van der Waals surface area contributed by atoms with Gasteiger partial charge in [0.2, 0.25) is 0 Å². The van der Waals surface area contributed by atoms with Gasteiger partial charge in [-0.1, -0.05) is 44.2 Å². The first kappa shape index (κ1) is 7.75. The van der Waals surface area contributed by atoms with Crippen molar-refractivity contribution in [1.82, 2.24) is 0 Å². The maximum atomic E-state index is 7.98. The van der Waals surface area contributed by atoms with E-state index in [4.69, 9.17) is 1.41 Å². The van der Waals surface area contributed by atoms with Crippen molar-refractivity contribution < 1.29 is 1.41 Å². The van der Waals surface area contributed by atoms with Gasteiger partial charge in [0, 0.05) is 17.6 Å². The Morgan fingerprint density at radius 3 is 2.87 bits per heavy atom. The minimum atomic E-state index is 0.0674. The average Bonchev–Trinajstić information content (AvgIpc) is 2.49. The summed E-state index contributed by atoms with van der Waals surface area (Å²) in [6, 6.07) is 12.6. The van der Waals surface area contributed by atoms with Gasteiger partial charge in [0.05, 0.1) is 0 Å². The van der Waals surface area contributed by atoms with Crippen LogP contribution in [0.2, 0.25) is 1.41 Å². The van der Waals surface area contributed by atoms with Crippen LogP contribution in [-0.4, -0.2) is 6.54 Å². The Morgan fingerprint density at radius 2 is 2.00 bits per heavy atom. The van der Waals surface area contributed by atoms with Crippen LogP contribution >= 0.6 is 0 Å². The molecule has 15 heavy (non-hydrogen) atoms. The normalized spacial score (nSPS) is 19.1. The largest absolute Gasteiger partial charge is 0.384 e. The third kappa shape index (κ3) is 1.16. The molecule has 0 saturated heterocycles. The van der Waals surface area contributed by atoms with Gasteiger partial charge in [0.15, 0.2) is 1.41 Å². The van der Waals surface area contributed by atoms with Gasteiger partial charge in [0.25, 0.3) is 0 Å². The van der Waals surface area contributed by atoms with Crippen LogP contribution in [0.4, 0.5) is 5.69 Å². The molecule has 1 heteroatoms. The van der Waals surface area contributed by atoms with Crippen LogP contribution in [0, 0.1) is 0 Å². The highest BCUT2D eigenvalue weighted by atomic mass is 14.9. The Hall–Kier alpha value is -1.50. The molecule has 1 N–H and O–H groups in total. The number of hydrogen-bond donors (Lipinski definition) is 1. The Bertz CT molecular complexity index is 560. The zero-order valence-corrected chi connectivity index (χ0v) is 9.12. The monoisotopic (exact) mass is 198 g/mol. The van der Waals surface area contributed by atoms with E-state index >= 15 is 0 Å². The zero-order chi connectivity index (χ0) is 11.3. The van der Waals surface area contributed by atoms with E-state index in [1.807, 2.05) is 0 Å². The van der Waals surface area contributed by atoms with Gasteiger partial charge in [-0.3, -0.25) is 0 Å². The van der Waals surface area contributed by atoms with E-state index in [0.29, 0.717) is 0 Å². The first-order valence-corrected chi connectivity index (χ1v) is 5.38. The molecule has 1 aliphatic rings. The highest BCUT2D eigenvalue weighted by Gasteiger charge is 2.30. The summed E-state index contributed by atoms with van der Waals surface area (Å²) in [5.41, 5.74) is 2.45. The van der Waals surface area contributed by atoms with Crippen LogP contribution < -0.4 is 5.31 Å². The summed E-state index contributed by atoms with van der Waals surface area (Å²) in [6.45, 7) is 5.20. The van der Waals surface area contributed by atoms with Crippen LogP contribution in [0.1, 0.15) is 19.4 Å². The molecule has 0 bridgehead atoms. The fourth-order valence-corrected chi connectivity index (χ4v) is 2.46. The molecule has 0 fully saturated rings. The average molecular weight is 198 g/mol. The van der Waals surface area contributed by atoms with E-state index in [1.165, 1.54) is 16.3 Å². The smallest absolute Gasteiger partial charge is 0.160 e. The lowest BCUT2D eigenvalue weighted by Crippen LogP contribution is -2.19. The molecular formula is C14H15N. The number of rotatable bonds is 0. The summed E-state index contributed by atoms with van der Waals surface area (Å²) in [7, 11) is 0. The molecule has 0 amide bonds. The van der Waals surface area contributed by atoms with E-state index < -0.39 is 0 Å². The zero-order valence-electron chi connectivity index (χ0n) is 10.1. The van der Waals surface area contributed by atoms with Gasteiger partial charge in [-0.2, -0.15) is 0 Å². The number of benzene rings is 2. The van der Waals surface area contributed by atoms with E-state index in [0.717, 1.165) is 12.2 Å². The van der Waals surface area contributed by atoms with Crippen molar-refractivity contribution in [2.24, 2.45) is 0 Å². The Balaban J connectivity index is 2.42. The van der Waals surface area contributed by atoms with E-state index in [-0.39, 0.29) is 5.41 Å². The summed E-state index contributed by atoms with van der Waals surface area (Å²) in [5.74, 6) is 0. The number of anilines is 1. The van der Waals surface area contributed by atoms with Crippen molar-refractivity contribution in [3.63, 3.8) is 0 Å².